The molecule has 1 aromatic carbocycles. The van der Waals surface area contributed by atoms with Gasteiger partial charge in [0.25, 0.3) is 0 Å². The number of amides is 1. The number of aryl methyl sites for hydroxylation is 1. The highest BCUT2D eigenvalue weighted by molar-refractivity contribution is 7.89. The normalized spacial score (nSPS) is 11.1. The molecule has 0 fully saturated rings. The number of methoxy groups -OCH3 is 1. The quantitative estimate of drug-likeness (QED) is 0.793. The highest BCUT2D eigenvalue weighted by Crippen LogP contribution is 2.24. The van der Waals surface area contributed by atoms with Crippen LogP contribution in [-0.4, -0.2) is 34.5 Å². The maximum atomic E-state index is 12.1. The van der Waals surface area contributed by atoms with Gasteiger partial charge in [0.1, 0.15) is 10.6 Å². The second-order valence-corrected chi connectivity index (χ2v) is 5.67. The van der Waals surface area contributed by atoms with Crippen LogP contribution in [0, 0.1) is 6.92 Å². The van der Waals surface area contributed by atoms with Crippen LogP contribution in [0.15, 0.2) is 23.1 Å². The molecule has 1 amide bonds. The van der Waals surface area contributed by atoms with Crippen molar-refractivity contribution in [3.8, 4) is 5.75 Å². The summed E-state index contributed by atoms with van der Waals surface area (Å²) in [5.74, 6) is -0.133. The zero-order valence-corrected chi connectivity index (χ0v) is 12.0. The van der Waals surface area contributed by atoms with Crippen molar-refractivity contribution in [2.24, 2.45) is 0 Å². The summed E-state index contributed by atoms with van der Waals surface area (Å²) >= 11 is 0. The maximum Gasteiger partial charge on any atom is 0.244 e. The first kappa shape index (κ1) is 15.5. The molecule has 0 aromatic heterocycles. The predicted octanol–water partition coefficient (Wildman–Crippen LogP) is 0.418. The van der Waals surface area contributed by atoms with E-state index in [1.807, 2.05) is 0 Å². The number of carbonyl (C=O) groups is 1. The molecule has 0 heterocycles. The number of rotatable bonds is 6. The number of nitrogens with one attached hydrogen (secondary N) is 2. The van der Waals surface area contributed by atoms with Gasteiger partial charge in [-0.2, -0.15) is 0 Å². The first-order valence-corrected chi connectivity index (χ1v) is 7.30. The summed E-state index contributed by atoms with van der Waals surface area (Å²) in [5, 5.41) is 2.51. The van der Waals surface area contributed by atoms with Crippen molar-refractivity contribution in [3.05, 3.63) is 23.8 Å². The topological polar surface area (TPSA) is 84.5 Å². The molecule has 0 unspecified atom stereocenters. The van der Waals surface area contributed by atoms with Gasteiger partial charge in [-0.25, -0.2) is 13.1 Å². The fraction of sp³-hybridized carbons (Fsp3) is 0.417. The van der Waals surface area contributed by atoms with Crippen LogP contribution in [0.5, 0.6) is 5.75 Å². The Hall–Kier alpha value is -1.60. The summed E-state index contributed by atoms with van der Waals surface area (Å²) in [5.41, 5.74) is 0.791. The van der Waals surface area contributed by atoms with Gasteiger partial charge in [-0.3, -0.25) is 4.79 Å². The van der Waals surface area contributed by atoms with Crippen molar-refractivity contribution in [2.45, 2.75) is 18.7 Å². The Kier molecular flexibility index (Phi) is 5.31. The Morgan fingerprint density at radius 3 is 2.63 bits per heavy atom. The lowest BCUT2D eigenvalue weighted by Gasteiger charge is -2.11. The van der Waals surface area contributed by atoms with E-state index in [0.29, 0.717) is 6.54 Å². The summed E-state index contributed by atoms with van der Waals surface area (Å²) < 4.78 is 31.5. The Morgan fingerprint density at radius 2 is 2.05 bits per heavy atom. The lowest BCUT2D eigenvalue weighted by molar-refractivity contribution is -0.119. The van der Waals surface area contributed by atoms with E-state index in [-0.39, 0.29) is 23.1 Å². The van der Waals surface area contributed by atoms with Crippen LogP contribution < -0.4 is 14.8 Å². The van der Waals surface area contributed by atoms with Crippen molar-refractivity contribution in [1.29, 1.82) is 0 Å². The molecule has 0 radical (unpaired) electrons. The molecule has 0 aliphatic carbocycles. The zero-order valence-electron chi connectivity index (χ0n) is 11.2. The molecule has 2 N–H and O–H groups in total. The van der Waals surface area contributed by atoms with Crippen LogP contribution in [0.4, 0.5) is 0 Å². The predicted molar refractivity (Wildman–Crippen MR) is 71.6 cm³/mol. The van der Waals surface area contributed by atoms with Crippen LogP contribution in [0.1, 0.15) is 12.5 Å². The van der Waals surface area contributed by atoms with E-state index >= 15 is 0 Å². The number of likely N-dealkylation sites (N-methyl/N-ethyl adjacent to an activating group) is 1. The van der Waals surface area contributed by atoms with Gasteiger partial charge in [0.2, 0.25) is 15.9 Å². The maximum absolute atomic E-state index is 12.1. The average Bonchev–Trinajstić information content (AvgIpc) is 2.37. The first-order chi connectivity index (χ1) is 8.90. The highest BCUT2D eigenvalue weighted by Gasteiger charge is 2.20. The number of sulfonamides is 1. The molecule has 1 aromatic rings. The van der Waals surface area contributed by atoms with Gasteiger partial charge in [0.15, 0.2) is 0 Å². The first-order valence-electron chi connectivity index (χ1n) is 5.81. The summed E-state index contributed by atoms with van der Waals surface area (Å²) in [6, 6.07) is 4.83. The SMILES string of the molecule is CCNC(=O)CNS(=O)(=O)c1cc(C)ccc1OC. The largest absolute Gasteiger partial charge is 0.495 e. The fourth-order valence-electron chi connectivity index (χ4n) is 1.49. The van der Waals surface area contributed by atoms with E-state index in [2.05, 4.69) is 10.0 Å². The minimum atomic E-state index is -3.77. The molecule has 7 heteroatoms. The molecule has 0 bridgehead atoms. The van der Waals surface area contributed by atoms with E-state index in [1.165, 1.54) is 13.2 Å². The van der Waals surface area contributed by atoms with Crippen molar-refractivity contribution in [1.82, 2.24) is 10.0 Å². The third-order valence-electron chi connectivity index (χ3n) is 2.41. The standard InChI is InChI=1S/C12H18N2O4S/c1-4-13-12(15)8-14-19(16,17)11-7-9(2)5-6-10(11)18-3/h5-7,14H,4,8H2,1-3H3,(H,13,15). The molecule has 0 saturated heterocycles. The molecular weight excluding hydrogens is 268 g/mol. The van der Waals surface area contributed by atoms with Gasteiger partial charge in [-0.05, 0) is 31.5 Å². The third-order valence-corrected chi connectivity index (χ3v) is 3.83. The van der Waals surface area contributed by atoms with Crippen molar-refractivity contribution < 1.29 is 17.9 Å². The minimum Gasteiger partial charge on any atom is -0.495 e. The molecule has 0 aliphatic heterocycles. The number of carbonyl (C=O) groups excluding carboxylic acids is 1. The molecule has 0 aliphatic rings. The monoisotopic (exact) mass is 286 g/mol. The number of benzene rings is 1. The summed E-state index contributed by atoms with van der Waals surface area (Å²) in [7, 11) is -2.38. The lowest BCUT2D eigenvalue weighted by Crippen LogP contribution is -2.36. The summed E-state index contributed by atoms with van der Waals surface area (Å²) in [6.45, 7) is 3.69. The van der Waals surface area contributed by atoms with Crippen LogP contribution in [0.3, 0.4) is 0 Å². The van der Waals surface area contributed by atoms with Gasteiger partial charge in [-0.1, -0.05) is 6.07 Å². The van der Waals surface area contributed by atoms with Gasteiger partial charge in [0, 0.05) is 6.54 Å². The Balaban J connectivity index is 2.94. The minimum absolute atomic E-state index is 0.0271. The highest BCUT2D eigenvalue weighted by atomic mass is 32.2. The Labute approximate surface area is 113 Å². The van der Waals surface area contributed by atoms with Crippen molar-refractivity contribution in [2.75, 3.05) is 20.2 Å². The fourth-order valence-corrected chi connectivity index (χ4v) is 2.73. The van der Waals surface area contributed by atoms with Crippen LogP contribution in [0.2, 0.25) is 0 Å². The van der Waals surface area contributed by atoms with Crippen LogP contribution in [-0.2, 0) is 14.8 Å². The molecule has 106 valence electrons. The molecular formula is C12H18N2O4S. The van der Waals surface area contributed by atoms with Gasteiger partial charge < -0.3 is 10.1 Å². The van der Waals surface area contributed by atoms with Crippen LogP contribution in [0.25, 0.3) is 0 Å². The Morgan fingerprint density at radius 1 is 1.37 bits per heavy atom. The third kappa shape index (κ3) is 4.22. The van der Waals surface area contributed by atoms with Crippen LogP contribution >= 0.6 is 0 Å². The van der Waals surface area contributed by atoms with Gasteiger partial charge in [-0.15, -0.1) is 0 Å². The van der Waals surface area contributed by atoms with E-state index in [9.17, 15) is 13.2 Å². The Bertz CT molecular complexity index is 555. The average molecular weight is 286 g/mol. The molecule has 1 rings (SSSR count). The molecule has 0 atom stereocenters. The summed E-state index contributed by atoms with van der Waals surface area (Å²) in [4.78, 5) is 11.3. The number of hydrogen-bond acceptors (Lipinski definition) is 4. The van der Waals surface area contributed by atoms with Crippen molar-refractivity contribution >= 4 is 15.9 Å². The van der Waals surface area contributed by atoms with Crippen molar-refractivity contribution in [3.63, 3.8) is 0 Å². The second kappa shape index (κ2) is 6.53. The zero-order chi connectivity index (χ0) is 14.5. The molecule has 0 saturated carbocycles. The van der Waals surface area contributed by atoms with Gasteiger partial charge in [0.05, 0.1) is 13.7 Å². The summed E-state index contributed by atoms with van der Waals surface area (Å²) in [6.07, 6.45) is 0. The molecule has 0 spiro atoms. The van der Waals surface area contributed by atoms with E-state index in [4.69, 9.17) is 4.74 Å². The second-order valence-electron chi connectivity index (χ2n) is 3.93. The number of ether oxygens (including phenoxy) is 1. The van der Waals surface area contributed by atoms with E-state index in [1.54, 1.807) is 26.0 Å². The van der Waals surface area contributed by atoms with E-state index in [0.717, 1.165) is 5.56 Å². The lowest BCUT2D eigenvalue weighted by atomic mass is 10.2. The molecule has 19 heavy (non-hydrogen) atoms. The molecule has 6 nitrogen and oxygen atoms in total. The number of hydrogen-bond donors (Lipinski definition) is 2. The van der Waals surface area contributed by atoms with Gasteiger partial charge >= 0.3 is 0 Å². The smallest absolute Gasteiger partial charge is 0.244 e. The van der Waals surface area contributed by atoms with E-state index < -0.39 is 10.0 Å².